The minimum atomic E-state index is -0.440. The topological polar surface area (TPSA) is 82.7 Å². The SMILES string of the molecule is Cc1[nH]c(-c2ccc([N+](=O)[O-])cc2)cc1C#N. The molecule has 0 atom stereocenters. The van der Waals surface area contributed by atoms with Gasteiger partial charge in [0.15, 0.2) is 0 Å². The van der Waals surface area contributed by atoms with Gasteiger partial charge in [-0.2, -0.15) is 5.26 Å². The highest BCUT2D eigenvalue weighted by Crippen LogP contribution is 2.23. The van der Waals surface area contributed by atoms with Gasteiger partial charge in [0, 0.05) is 23.5 Å². The normalized spacial score (nSPS) is 9.88. The van der Waals surface area contributed by atoms with E-state index in [1.165, 1.54) is 12.1 Å². The zero-order valence-corrected chi connectivity index (χ0v) is 9.10. The number of nitrogens with zero attached hydrogens (tertiary/aromatic N) is 2. The third-order valence-electron chi connectivity index (χ3n) is 2.52. The maximum absolute atomic E-state index is 10.5. The Morgan fingerprint density at radius 1 is 1.35 bits per heavy atom. The van der Waals surface area contributed by atoms with Gasteiger partial charge < -0.3 is 4.98 Å². The average Bonchev–Trinajstić information content (AvgIpc) is 2.70. The van der Waals surface area contributed by atoms with E-state index in [2.05, 4.69) is 11.1 Å². The number of aryl methyl sites for hydroxylation is 1. The monoisotopic (exact) mass is 227 g/mol. The predicted molar refractivity (Wildman–Crippen MR) is 62.3 cm³/mol. The van der Waals surface area contributed by atoms with Crippen LogP contribution in [0.5, 0.6) is 0 Å². The van der Waals surface area contributed by atoms with Crippen LogP contribution < -0.4 is 0 Å². The van der Waals surface area contributed by atoms with Crippen LogP contribution in [0.3, 0.4) is 0 Å². The van der Waals surface area contributed by atoms with E-state index in [9.17, 15) is 10.1 Å². The molecule has 2 rings (SSSR count). The Kier molecular flexibility index (Phi) is 2.63. The summed E-state index contributed by atoms with van der Waals surface area (Å²) in [4.78, 5) is 13.1. The van der Waals surface area contributed by atoms with Crippen molar-refractivity contribution in [2.24, 2.45) is 0 Å². The number of non-ortho nitro benzene ring substituents is 1. The summed E-state index contributed by atoms with van der Waals surface area (Å²) in [6, 6.07) is 10.0. The second-order valence-electron chi connectivity index (χ2n) is 3.64. The van der Waals surface area contributed by atoms with Crippen LogP contribution in [0, 0.1) is 28.4 Å². The number of aromatic nitrogens is 1. The minimum absolute atomic E-state index is 0.0533. The van der Waals surface area contributed by atoms with Crippen LogP contribution in [0.1, 0.15) is 11.3 Å². The second-order valence-corrected chi connectivity index (χ2v) is 3.64. The fourth-order valence-corrected chi connectivity index (χ4v) is 1.59. The van der Waals surface area contributed by atoms with Gasteiger partial charge in [0.05, 0.1) is 10.5 Å². The van der Waals surface area contributed by atoms with Crippen molar-refractivity contribution < 1.29 is 4.92 Å². The van der Waals surface area contributed by atoms with Crippen molar-refractivity contribution >= 4 is 5.69 Å². The summed E-state index contributed by atoms with van der Waals surface area (Å²) in [7, 11) is 0. The third kappa shape index (κ3) is 2.01. The Bertz CT molecular complexity index is 606. The number of H-pyrrole nitrogens is 1. The van der Waals surface area contributed by atoms with E-state index in [4.69, 9.17) is 5.26 Å². The first-order chi connectivity index (χ1) is 8.11. The molecule has 0 bridgehead atoms. The summed E-state index contributed by atoms with van der Waals surface area (Å²) in [5.41, 5.74) is 3.03. The summed E-state index contributed by atoms with van der Waals surface area (Å²) < 4.78 is 0. The number of nitro groups is 1. The Morgan fingerprint density at radius 2 is 2.00 bits per heavy atom. The largest absolute Gasteiger partial charge is 0.358 e. The molecule has 0 fully saturated rings. The van der Waals surface area contributed by atoms with Crippen molar-refractivity contribution in [1.29, 1.82) is 5.26 Å². The quantitative estimate of drug-likeness (QED) is 0.632. The summed E-state index contributed by atoms with van der Waals surface area (Å²) in [6.07, 6.45) is 0. The molecule has 1 N–H and O–H groups in total. The zero-order chi connectivity index (χ0) is 12.4. The van der Waals surface area contributed by atoms with Gasteiger partial charge in [-0.3, -0.25) is 10.1 Å². The van der Waals surface area contributed by atoms with Gasteiger partial charge in [-0.15, -0.1) is 0 Å². The van der Waals surface area contributed by atoms with Crippen LogP contribution >= 0.6 is 0 Å². The Labute approximate surface area is 97.5 Å². The third-order valence-corrected chi connectivity index (χ3v) is 2.52. The number of nitro benzene ring substituents is 1. The molecule has 1 heterocycles. The highest BCUT2D eigenvalue weighted by atomic mass is 16.6. The molecule has 0 radical (unpaired) electrons. The van der Waals surface area contributed by atoms with Gasteiger partial charge >= 0.3 is 0 Å². The first kappa shape index (κ1) is 10.9. The number of nitriles is 1. The molecule has 84 valence electrons. The van der Waals surface area contributed by atoms with Gasteiger partial charge in [-0.1, -0.05) is 0 Å². The zero-order valence-electron chi connectivity index (χ0n) is 9.10. The highest BCUT2D eigenvalue weighted by Gasteiger charge is 2.08. The smallest absolute Gasteiger partial charge is 0.269 e. The van der Waals surface area contributed by atoms with Crippen LogP contribution in [-0.2, 0) is 0 Å². The Hall–Kier alpha value is -2.61. The van der Waals surface area contributed by atoms with Crippen LogP contribution in [-0.4, -0.2) is 9.91 Å². The van der Waals surface area contributed by atoms with Gasteiger partial charge in [0.25, 0.3) is 5.69 Å². The van der Waals surface area contributed by atoms with Crippen LogP contribution in [0.15, 0.2) is 30.3 Å². The first-order valence-corrected chi connectivity index (χ1v) is 4.96. The Balaban J connectivity index is 2.40. The van der Waals surface area contributed by atoms with E-state index in [1.54, 1.807) is 18.2 Å². The van der Waals surface area contributed by atoms with Crippen molar-refractivity contribution in [1.82, 2.24) is 4.98 Å². The molecule has 5 nitrogen and oxygen atoms in total. The molecule has 0 aliphatic rings. The maximum atomic E-state index is 10.5. The molecule has 0 amide bonds. The Morgan fingerprint density at radius 3 is 2.47 bits per heavy atom. The van der Waals surface area contributed by atoms with Gasteiger partial charge in [-0.25, -0.2) is 0 Å². The van der Waals surface area contributed by atoms with E-state index >= 15 is 0 Å². The van der Waals surface area contributed by atoms with E-state index in [0.29, 0.717) is 5.56 Å². The standard InChI is InChI=1S/C12H9N3O2/c1-8-10(7-13)6-12(14-8)9-2-4-11(5-3-9)15(16)17/h2-6,14H,1H3. The first-order valence-electron chi connectivity index (χ1n) is 4.96. The minimum Gasteiger partial charge on any atom is -0.358 e. The molecule has 0 spiro atoms. The molecule has 1 aromatic heterocycles. The lowest BCUT2D eigenvalue weighted by Crippen LogP contribution is -1.87. The van der Waals surface area contributed by atoms with Crippen molar-refractivity contribution in [2.45, 2.75) is 6.92 Å². The predicted octanol–water partition coefficient (Wildman–Crippen LogP) is 2.77. The van der Waals surface area contributed by atoms with E-state index < -0.39 is 4.92 Å². The van der Waals surface area contributed by atoms with Crippen LogP contribution in [0.2, 0.25) is 0 Å². The van der Waals surface area contributed by atoms with Gasteiger partial charge in [0.1, 0.15) is 6.07 Å². The number of nitrogens with one attached hydrogen (secondary N) is 1. The van der Waals surface area contributed by atoms with E-state index in [-0.39, 0.29) is 5.69 Å². The molecule has 5 heteroatoms. The lowest BCUT2D eigenvalue weighted by molar-refractivity contribution is -0.384. The van der Waals surface area contributed by atoms with Crippen LogP contribution in [0.4, 0.5) is 5.69 Å². The molecule has 0 aliphatic carbocycles. The summed E-state index contributed by atoms with van der Waals surface area (Å²) in [5, 5.41) is 19.3. The molecule has 0 unspecified atom stereocenters. The van der Waals surface area contributed by atoms with Crippen molar-refractivity contribution in [3.05, 3.63) is 51.7 Å². The molecule has 0 saturated carbocycles. The summed E-state index contributed by atoms with van der Waals surface area (Å²) in [6.45, 7) is 1.81. The number of aromatic amines is 1. The lowest BCUT2D eigenvalue weighted by atomic mass is 10.1. The molecule has 1 aromatic carbocycles. The molecule has 2 aromatic rings. The number of hydrogen-bond acceptors (Lipinski definition) is 3. The van der Waals surface area contributed by atoms with E-state index in [0.717, 1.165) is 17.0 Å². The van der Waals surface area contributed by atoms with Gasteiger partial charge in [-0.05, 0) is 30.7 Å². The van der Waals surface area contributed by atoms with Crippen LogP contribution in [0.25, 0.3) is 11.3 Å². The molecular weight excluding hydrogens is 218 g/mol. The number of rotatable bonds is 2. The number of benzene rings is 1. The maximum Gasteiger partial charge on any atom is 0.269 e. The van der Waals surface area contributed by atoms with Crippen molar-refractivity contribution in [3.8, 4) is 17.3 Å². The van der Waals surface area contributed by atoms with Gasteiger partial charge in [0.2, 0.25) is 0 Å². The lowest BCUT2D eigenvalue weighted by Gasteiger charge is -1.97. The summed E-state index contributed by atoms with van der Waals surface area (Å²) in [5.74, 6) is 0. The fraction of sp³-hybridized carbons (Fsp3) is 0.0833. The average molecular weight is 227 g/mol. The van der Waals surface area contributed by atoms with E-state index in [1.807, 2.05) is 6.92 Å². The summed E-state index contributed by atoms with van der Waals surface area (Å²) >= 11 is 0. The molecule has 0 saturated heterocycles. The second kappa shape index (κ2) is 4.10. The van der Waals surface area contributed by atoms with Crippen molar-refractivity contribution in [2.75, 3.05) is 0 Å². The number of hydrogen-bond donors (Lipinski definition) is 1. The fourth-order valence-electron chi connectivity index (χ4n) is 1.59. The highest BCUT2D eigenvalue weighted by molar-refractivity contribution is 5.64. The van der Waals surface area contributed by atoms with Crippen molar-refractivity contribution in [3.63, 3.8) is 0 Å². The molecule has 0 aliphatic heterocycles. The molecule has 17 heavy (non-hydrogen) atoms. The molecular formula is C12H9N3O2.